The molecule has 0 aliphatic heterocycles. The monoisotopic (exact) mass is 348 g/mol. The van der Waals surface area contributed by atoms with E-state index in [1.807, 2.05) is 13.8 Å². The van der Waals surface area contributed by atoms with Crippen LogP contribution in [0.25, 0.3) is 0 Å². The van der Waals surface area contributed by atoms with Gasteiger partial charge in [-0.15, -0.1) is 0 Å². The quantitative estimate of drug-likeness (QED) is 0.626. The first-order chi connectivity index (χ1) is 12.0. The molecular weight excluding hydrogens is 308 g/mol. The highest BCUT2D eigenvalue weighted by Gasteiger charge is 2.39. The number of hydrogen-bond donors (Lipinski definition) is 1. The fourth-order valence-electron chi connectivity index (χ4n) is 2.93. The normalized spacial score (nSPS) is 14.8. The number of hydrogen-bond acceptors (Lipinski definition) is 3. The van der Waals surface area contributed by atoms with E-state index in [1.54, 1.807) is 0 Å². The van der Waals surface area contributed by atoms with E-state index in [0.717, 1.165) is 51.7 Å². The van der Waals surface area contributed by atoms with Crippen molar-refractivity contribution in [2.45, 2.75) is 71.3 Å². The molecule has 1 aliphatic rings. The van der Waals surface area contributed by atoms with E-state index in [4.69, 9.17) is 0 Å². The summed E-state index contributed by atoms with van der Waals surface area (Å²) < 4.78 is 0. The molecule has 0 amide bonds. The fourth-order valence-corrected chi connectivity index (χ4v) is 2.93. The van der Waals surface area contributed by atoms with Crippen LogP contribution in [0.1, 0.15) is 64.9 Å². The summed E-state index contributed by atoms with van der Waals surface area (Å²) in [5, 5.41) is 9.90. The largest absolute Gasteiger partial charge is 0.390 e. The molecule has 3 heteroatoms. The lowest BCUT2D eigenvalue weighted by atomic mass is 10.0. The van der Waals surface area contributed by atoms with Crippen LogP contribution in [0.5, 0.6) is 0 Å². The highest BCUT2D eigenvalue weighted by Crippen LogP contribution is 2.39. The highest BCUT2D eigenvalue weighted by molar-refractivity contribution is 5.47. The van der Waals surface area contributed by atoms with Gasteiger partial charge in [0.25, 0.3) is 0 Å². The van der Waals surface area contributed by atoms with Gasteiger partial charge in [-0.3, -0.25) is 0 Å². The molecule has 25 heavy (non-hydrogen) atoms. The summed E-state index contributed by atoms with van der Waals surface area (Å²) in [6.45, 7) is 9.56. The maximum Gasteiger partial charge on any atom is 0.0650 e. The van der Waals surface area contributed by atoms with Gasteiger partial charge >= 0.3 is 0 Å². The van der Waals surface area contributed by atoms with E-state index in [0.29, 0.717) is 0 Å². The minimum Gasteiger partial charge on any atom is -0.390 e. The second kappa shape index (κ2) is 11.5. The van der Waals surface area contributed by atoms with E-state index in [9.17, 15) is 5.11 Å². The molecule has 1 aromatic rings. The van der Waals surface area contributed by atoms with Crippen LogP contribution in [0.3, 0.4) is 0 Å². The molecule has 1 saturated carbocycles. The second-order valence-corrected chi connectivity index (χ2v) is 7.39. The Kier molecular flexibility index (Phi) is 10.1. The minimum absolute atomic E-state index is 0.303. The molecule has 0 spiro atoms. The SMILES string of the molecule is CC.CCCCN(CCN(C)C)c1ccc(CCCC2(O)CC2)cc1. The van der Waals surface area contributed by atoms with Crippen molar-refractivity contribution in [1.29, 1.82) is 0 Å². The number of aryl methyl sites for hydroxylation is 1. The Morgan fingerprint density at radius 1 is 0.960 bits per heavy atom. The Hall–Kier alpha value is -1.06. The zero-order chi connectivity index (χ0) is 18.7. The van der Waals surface area contributed by atoms with Crippen molar-refractivity contribution >= 4 is 5.69 Å². The van der Waals surface area contributed by atoms with Crippen molar-refractivity contribution in [3.8, 4) is 0 Å². The van der Waals surface area contributed by atoms with Gasteiger partial charge in [0.2, 0.25) is 0 Å². The average molecular weight is 349 g/mol. The van der Waals surface area contributed by atoms with Gasteiger partial charge in [-0.1, -0.05) is 39.3 Å². The van der Waals surface area contributed by atoms with Crippen LogP contribution < -0.4 is 4.90 Å². The molecule has 1 aromatic carbocycles. The topological polar surface area (TPSA) is 26.7 Å². The van der Waals surface area contributed by atoms with Gasteiger partial charge in [0.1, 0.15) is 0 Å². The zero-order valence-electron chi connectivity index (χ0n) is 17.2. The van der Waals surface area contributed by atoms with E-state index < -0.39 is 0 Å². The summed E-state index contributed by atoms with van der Waals surface area (Å²) >= 11 is 0. The summed E-state index contributed by atoms with van der Waals surface area (Å²) in [6, 6.07) is 9.07. The minimum atomic E-state index is -0.303. The van der Waals surface area contributed by atoms with Crippen LogP contribution in [-0.2, 0) is 6.42 Å². The van der Waals surface area contributed by atoms with E-state index >= 15 is 0 Å². The summed E-state index contributed by atoms with van der Waals surface area (Å²) in [5.41, 5.74) is 2.43. The smallest absolute Gasteiger partial charge is 0.0650 e. The molecule has 3 nitrogen and oxygen atoms in total. The molecule has 0 aromatic heterocycles. The molecule has 1 fully saturated rings. The Morgan fingerprint density at radius 3 is 2.12 bits per heavy atom. The van der Waals surface area contributed by atoms with Crippen LogP contribution >= 0.6 is 0 Å². The van der Waals surface area contributed by atoms with Crippen molar-refractivity contribution in [3.63, 3.8) is 0 Å². The first-order valence-electron chi connectivity index (χ1n) is 10.2. The summed E-state index contributed by atoms with van der Waals surface area (Å²) in [6.07, 6.45) is 7.62. The van der Waals surface area contributed by atoms with Crippen LogP contribution in [0.2, 0.25) is 0 Å². The van der Waals surface area contributed by atoms with Crippen molar-refractivity contribution in [2.75, 3.05) is 38.6 Å². The number of likely N-dealkylation sites (N-methyl/N-ethyl adjacent to an activating group) is 1. The number of aliphatic hydroxyl groups is 1. The van der Waals surface area contributed by atoms with E-state index in [-0.39, 0.29) is 5.60 Å². The molecule has 0 bridgehead atoms. The molecule has 1 N–H and O–H groups in total. The predicted molar refractivity (Wildman–Crippen MR) is 111 cm³/mol. The maximum atomic E-state index is 9.90. The molecule has 0 atom stereocenters. The number of unbranched alkanes of at least 4 members (excludes halogenated alkanes) is 1. The van der Waals surface area contributed by atoms with Crippen LogP contribution in [0.4, 0.5) is 5.69 Å². The number of anilines is 1. The second-order valence-electron chi connectivity index (χ2n) is 7.39. The average Bonchev–Trinajstić information content (AvgIpc) is 3.35. The third-order valence-electron chi connectivity index (χ3n) is 4.83. The van der Waals surface area contributed by atoms with Gasteiger partial charge in [0.15, 0.2) is 0 Å². The van der Waals surface area contributed by atoms with E-state index in [2.05, 4.69) is 55.1 Å². The van der Waals surface area contributed by atoms with Gasteiger partial charge < -0.3 is 14.9 Å². The third-order valence-corrected chi connectivity index (χ3v) is 4.83. The predicted octanol–water partition coefficient (Wildman–Crippen LogP) is 4.73. The number of benzene rings is 1. The maximum absolute atomic E-state index is 9.90. The first-order valence-corrected chi connectivity index (χ1v) is 10.2. The van der Waals surface area contributed by atoms with Crippen molar-refractivity contribution in [2.24, 2.45) is 0 Å². The summed E-state index contributed by atoms with van der Waals surface area (Å²) in [7, 11) is 4.27. The fraction of sp³-hybridized carbons (Fsp3) is 0.727. The molecule has 0 heterocycles. The van der Waals surface area contributed by atoms with Crippen molar-refractivity contribution in [3.05, 3.63) is 29.8 Å². The first kappa shape index (κ1) is 22.0. The van der Waals surface area contributed by atoms with Crippen molar-refractivity contribution in [1.82, 2.24) is 4.90 Å². The Bertz CT molecular complexity index is 452. The zero-order valence-corrected chi connectivity index (χ0v) is 17.2. The summed E-state index contributed by atoms with van der Waals surface area (Å²) in [5.74, 6) is 0. The highest BCUT2D eigenvalue weighted by atomic mass is 16.3. The number of nitrogens with zero attached hydrogens (tertiary/aromatic N) is 2. The Labute approximate surface area is 156 Å². The molecule has 0 saturated heterocycles. The molecular formula is C22H40N2O. The Morgan fingerprint density at radius 2 is 1.60 bits per heavy atom. The molecule has 144 valence electrons. The van der Waals surface area contributed by atoms with Gasteiger partial charge in [0.05, 0.1) is 5.60 Å². The van der Waals surface area contributed by atoms with Gasteiger partial charge in [-0.05, 0) is 70.3 Å². The number of rotatable bonds is 11. The van der Waals surface area contributed by atoms with E-state index in [1.165, 1.54) is 24.1 Å². The molecule has 0 radical (unpaired) electrons. The lowest BCUT2D eigenvalue weighted by Crippen LogP contribution is -2.32. The molecule has 1 aliphatic carbocycles. The molecule has 2 rings (SSSR count). The summed E-state index contributed by atoms with van der Waals surface area (Å²) in [4.78, 5) is 4.75. The van der Waals surface area contributed by atoms with Crippen LogP contribution in [0.15, 0.2) is 24.3 Å². The lowest BCUT2D eigenvalue weighted by molar-refractivity contribution is 0.137. The molecule has 0 unspecified atom stereocenters. The van der Waals surface area contributed by atoms with Crippen LogP contribution in [0, 0.1) is 0 Å². The van der Waals surface area contributed by atoms with Gasteiger partial charge in [0, 0.05) is 25.3 Å². The van der Waals surface area contributed by atoms with Gasteiger partial charge in [-0.25, -0.2) is 0 Å². The van der Waals surface area contributed by atoms with Crippen LogP contribution in [-0.4, -0.2) is 49.3 Å². The standard InChI is InChI=1S/C20H34N2O.C2H6/c1-4-5-15-22(17-16-21(2)3)19-10-8-18(9-11-19)7-6-12-20(23)13-14-20;1-2/h8-11,23H,4-7,12-17H2,1-3H3;1-2H3. The third kappa shape index (κ3) is 8.73. The van der Waals surface area contributed by atoms with Crippen molar-refractivity contribution < 1.29 is 5.11 Å². The Balaban J connectivity index is 0.00000151. The lowest BCUT2D eigenvalue weighted by Gasteiger charge is -2.26. The van der Waals surface area contributed by atoms with Gasteiger partial charge in [-0.2, -0.15) is 0 Å².